The first-order valence-corrected chi connectivity index (χ1v) is 5.57. The molecule has 17 heavy (non-hydrogen) atoms. The molecule has 0 saturated carbocycles. The molecule has 4 heteroatoms. The first-order valence-electron chi connectivity index (χ1n) is 5.57. The minimum Gasteiger partial charge on any atom is -0.339 e. The van der Waals surface area contributed by atoms with Gasteiger partial charge in [0.05, 0.1) is 5.56 Å². The van der Waals surface area contributed by atoms with Crippen molar-refractivity contribution in [1.29, 1.82) is 0 Å². The molecule has 94 valence electrons. The SMILES string of the molecule is CC(C)C(C)N(C)C(=O)c1cccc(F)c1F. The number of hydrogen-bond acceptors (Lipinski definition) is 1. The van der Waals surface area contributed by atoms with E-state index in [-0.39, 0.29) is 17.5 Å². The van der Waals surface area contributed by atoms with Gasteiger partial charge in [-0.3, -0.25) is 4.79 Å². The van der Waals surface area contributed by atoms with Gasteiger partial charge in [-0.25, -0.2) is 8.78 Å². The molecule has 1 amide bonds. The van der Waals surface area contributed by atoms with Crippen LogP contribution in [0.5, 0.6) is 0 Å². The Balaban J connectivity index is 3.01. The molecule has 0 heterocycles. The summed E-state index contributed by atoms with van der Waals surface area (Å²) in [6.45, 7) is 5.81. The number of halogens is 2. The van der Waals surface area contributed by atoms with Crippen molar-refractivity contribution in [3.8, 4) is 0 Å². The van der Waals surface area contributed by atoms with Crippen molar-refractivity contribution in [2.75, 3.05) is 7.05 Å². The highest BCUT2D eigenvalue weighted by Gasteiger charge is 2.23. The first-order chi connectivity index (χ1) is 7.86. The highest BCUT2D eigenvalue weighted by atomic mass is 19.2. The number of nitrogens with zero attached hydrogens (tertiary/aromatic N) is 1. The number of amides is 1. The van der Waals surface area contributed by atoms with E-state index in [1.165, 1.54) is 17.0 Å². The van der Waals surface area contributed by atoms with E-state index in [4.69, 9.17) is 0 Å². The quantitative estimate of drug-likeness (QED) is 0.796. The molecule has 1 aromatic rings. The summed E-state index contributed by atoms with van der Waals surface area (Å²) in [6, 6.07) is 3.59. The highest BCUT2D eigenvalue weighted by Crippen LogP contribution is 2.16. The maximum atomic E-state index is 13.5. The number of carbonyl (C=O) groups is 1. The minimum atomic E-state index is -1.08. The molecule has 0 spiro atoms. The van der Waals surface area contributed by atoms with E-state index in [1.807, 2.05) is 20.8 Å². The van der Waals surface area contributed by atoms with E-state index in [0.717, 1.165) is 6.07 Å². The van der Waals surface area contributed by atoms with Crippen LogP contribution in [0.2, 0.25) is 0 Å². The van der Waals surface area contributed by atoms with Gasteiger partial charge in [0, 0.05) is 13.1 Å². The van der Waals surface area contributed by atoms with Gasteiger partial charge in [0.2, 0.25) is 0 Å². The Kier molecular flexibility index (Phi) is 4.21. The van der Waals surface area contributed by atoms with Crippen LogP contribution in [0, 0.1) is 17.6 Å². The van der Waals surface area contributed by atoms with Crippen molar-refractivity contribution < 1.29 is 13.6 Å². The molecule has 0 saturated heterocycles. The predicted octanol–water partition coefficient (Wildman–Crippen LogP) is 3.08. The molecular formula is C13H17F2NO. The van der Waals surface area contributed by atoms with Crippen molar-refractivity contribution in [3.05, 3.63) is 35.4 Å². The largest absolute Gasteiger partial charge is 0.339 e. The first kappa shape index (κ1) is 13.6. The molecule has 0 aliphatic heterocycles. The smallest absolute Gasteiger partial charge is 0.256 e. The summed E-state index contributed by atoms with van der Waals surface area (Å²) in [5, 5.41) is 0. The second-order valence-corrected chi connectivity index (χ2v) is 4.50. The van der Waals surface area contributed by atoms with E-state index >= 15 is 0 Å². The highest BCUT2D eigenvalue weighted by molar-refractivity contribution is 5.94. The van der Waals surface area contributed by atoms with E-state index in [1.54, 1.807) is 7.05 Å². The normalized spacial score (nSPS) is 12.6. The van der Waals surface area contributed by atoms with Crippen LogP contribution in [0.1, 0.15) is 31.1 Å². The topological polar surface area (TPSA) is 20.3 Å². The van der Waals surface area contributed by atoms with Crippen molar-refractivity contribution in [3.63, 3.8) is 0 Å². The zero-order valence-corrected chi connectivity index (χ0v) is 10.5. The molecule has 2 nitrogen and oxygen atoms in total. The lowest BCUT2D eigenvalue weighted by Crippen LogP contribution is -2.38. The third kappa shape index (κ3) is 2.81. The average molecular weight is 241 g/mol. The van der Waals surface area contributed by atoms with Crippen molar-refractivity contribution in [2.24, 2.45) is 5.92 Å². The minimum absolute atomic E-state index is 0.0369. The fraction of sp³-hybridized carbons (Fsp3) is 0.462. The maximum absolute atomic E-state index is 13.5. The van der Waals surface area contributed by atoms with Crippen LogP contribution in [0.25, 0.3) is 0 Å². The fourth-order valence-corrected chi connectivity index (χ4v) is 1.49. The molecule has 0 radical (unpaired) electrons. The Morgan fingerprint density at radius 2 is 1.82 bits per heavy atom. The summed E-state index contributed by atoms with van der Waals surface area (Å²) in [7, 11) is 1.59. The lowest BCUT2D eigenvalue weighted by molar-refractivity contribution is 0.0701. The summed E-state index contributed by atoms with van der Waals surface area (Å²) in [5.41, 5.74) is -0.222. The molecule has 1 unspecified atom stereocenters. The van der Waals surface area contributed by atoms with Crippen LogP contribution in [-0.4, -0.2) is 23.9 Å². The van der Waals surface area contributed by atoms with Gasteiger partial charge in [0.1, 0.15) is 0 Å². The number of rotatable bonds is 3. The second kappa shape index (κ2) is 5.25. The van der Waals surface area contributed by atoms with Gasteiger partial charge in [0.25, 0.3) is 5.91 Å². The van der Waals surface area contributed by atoms with E-state index in [9.17, 15) is 13.6 Å². The molecule has 0 aliphatic rings. The third-order valence-corrected chi connectivity index (χ3v) is 3.08. The number of benzene rings is 1. The summed E-state index contributed by atoms with van der Waals surface area (Å²) in [5.74, 6) is -2.33. The molecule has 1 rings (SSSR count). The van der Waals surface area contributed by atoms with Gasteiger partial charge in [-0.1, -0.05) is 19.9 Å². The van der Waals surface area contributed by atoms with Crippen LogP contribution in [0.4, 0.5) is 8.78 Å². The standard InChI is InChI=1S/C13H17F2NO/c1-8(2)9(3)16(4)13(17)10-6-5-7-11(14)12(10)15/h5-9H,1-4H3. The van der Waals surface area contributed by atoms with E-state index in [2.05, 4.69) is 0 Å². The van der Waals surface area contributed by atoms with E-state index in [0.29, 0.717) is 0 Å². The summed E-state index contributed by atoms with van der Waals surface area (Å²) in [4.78, 5) is 13.4. The van der Waals surface area contributed by atoms with Gasteiger partial charge in [-0.15, -0.1) is 0 Å². The van der Waals surface area contributed by atoms with Gasteiger partial charge in [0.15, 0.2) is 11.6 Å². The van der Waals surface area contributed by atoms with Crippen LogP contribution in [-0.2, 0) is 0 Å². The van der Waals surface area contributed by atoms with Crippen molar-refractivity contribution >= 4 is 5.91 Å². The zero-order chi connectivity index (χ0) is 13.2. The Morgan fingerprint density at radius 3 is 2.35 bits per heavy atom. The Bertz CT molecular complexity index is 418. The van der Waals surface area contributed by atoms with Gasteiger partial charge in [-0.2, -0.15) is 0 Å². The monoisotopic (exact) mass is 241 g/mol. The lowest BCUT2D eigenvalue weighted by Gasteiger charge is -2.28. The van der Waals surface area contributed by atoms with Crippen LogP contribution < -0.4 is 0 Å². The van der Waals surface area contributed by atoms with Crippen LogP contribution >= 0.6 is 0 Å². The molecule has 0 N–H and O–H groups in total. The van der Waals surface area contributed by atoms with Crippen LogP contribution in [0.3, 0.4) is 0 Å². The number of carbonyl (C=O) groups excluding carboxylic acids is 1. The summed E-state index contributed by atoms with van der Waals surface area (Å²) >= 11 is 0. The summed E-state index contributed by atoms with van der Waals surface area (Å²) < 4.78 is 26.5. The van der Waals surface area contributed by atoms with Gasteiger partial charge in [-0.05, 0) is 25.0 Å². The summed E-state index contributed by atoms with van der Waals surface area (Å²) in [6.07, 6.45) is 0. The zero-order valence-electron chi connectivity index (χ0n) is 10.5. The lowest BCUT2D eigenvalue weighted by atomic mass is 10.0. The van der Waals surface area contributed by atoms with Crippen molar-refractivity contribution in [2.45, 2.75) is 26.8 Å². The maximum Gasteiger partial charge on any atom is 0.256 e. The predicted molar refractivity (Wildman–Crippen MR) is 62.8 cm³/mol. The van der Waals surface area contributed by atoms with Gasteiger partial charge >= 0.3 is 0 Å². The molecule has 0 fully saturated rings. The average Bonchev–Trinajstić information content (AvgIpc) is 2.29. The van der Waals surface area contributed by atoms with E-state index < -0.39 is 17.5 Å². The molecule has 0 aliphatic carbocycles. The molecular weight excluding hydrogens is 224 g/mol. The third-order valence-electron chi connectivity index (χ3n) is 3.08. The van der Waals surface area contributed by atoms with Gasteiger partial charge < -0.3 is 4.90 Å². The molecule has 1 atom stereocenters. The Hall–Kier alpha value is -1.45. The second-order valence-electron chi connectivity index (χ2n) is 4.50. The molecule has 0 bridgehead atoms. The van der Waals surface area contributed by atoms with Crippen LogP contribution in [0.15, 0.2) is 18.2 Å². The van der Waals surface area contributed by atoms with Crippen molar-refractivity contribution in [1.82, 2.24) is 4.90 Å². The molecule has 0 aromatic heterocycles. The number of hydrogen-bond donors (Lipinski definition) is 0. The Morgan fingerprint density at radius 1 is 1.24 bits per heavy atom. The fourth-order valence-electron chi connectivity index (χ4n) is 1.49. The Labute approximate surface area is 100 Å². The molecule has 1 aromatic carbocycles.